The maximum Gasteiger partial charge on any atom is 0.219 e. The number of hydrogen-bond acceptors (Lipinski definition) is 3. The Hall–Kier alpha value is -1.75. The van der Waals surface area contributed by atoms with Gasteiger partial charge in [-0.1, -0.05) is 11.6 Å². The maximum absolute atomic E-state index is 10.7. The molecule has 0 radical (unpaired) electrons. The quantitative estimate of drug-likeness (QED) is 0.841. The first-order valence-electron chi connectivity index (χ1n) is 4.77. The number of amides is 1. The molecule has 0 saturated carbocycles. The highest BCUT2D eigenvalue weighted by molar-refractivity contribution is 6.31. The van der Waals surface area contributed by atoms with E-state index in [1.165, 1.54) is 0 Å². The van der Waals surface area contributed by atoms with Gasteiger partial charge in [-0.25, -0.2) is 4.98 Å². The first-order valence-corrected chi connectivity index (χ1v) is 5.15. The number of halogens is 1. The average Bonchev–Trinajstić information content (AvgIpc) is 2.51. The lowest BCUT2D eigenvalue weighted by Gasteiger charge is -2.04. The fourth-order valence-electron chi connectivity index (χ4n) is 1.57. The van der Waals surface area contributed by atoms with E-state index in [9.17, 15) is 4.79 Å². The van der Waals surface area contributed by atoms with Crippen molar-refractivity contribution in [3.05, 3.63) is 23.2 Å². The van der Waals surface area contributed by atoms with Gasteiger partial charge >= 0.3 is 0 Å². The minimum Gasteiger partial charge on any atom is -0.370 e. The summed E-state index contributed by atoms with van der Waals surface area (Å²) in [5.74, 6) is -0.0122. The number of rotatable bonds is 3. The Kier molecular flexibility index (Phi) is 2.70. The molecule has 2 aromatic rings. The van der Waals surface area contributed by atoms with Crippen molar-refractivity contribution in [3.63, 3.8) is 0 Å². The fourth-order valence-corrected chi connectivity index (χ4v) is 1.74. The highest BCUT2D eigenvalue weighted by atomic mass is 35.5. The van der Waals surface area contributed by atoms with Crippen molar-refractivity contribution in [1.82, 2.24) is 9.55 Å². The minimum atomic E-state index is -0.372. The number of anilines is 1. The largest absolute Gasteiger partial charge is 0.370 e. The van der Waals surface area contributed by atoms with E-state index in [0.717, 1.165) is 11.0 Å². The Balaban J connectivity index is 2.45. The number of benzene rings is 1. The van der Waals surface area contributed by atoms with Crippen LogP contribution in [0, 0.1) is 0 Å². The predicted octanol–water partition coefficient (Wildman–Crippen LogP) is 1.15. The van der Waals surface area contributed by atoms with Crippen molar-refractivity contribution in [3.8, 4) is 0 Å². The van der Waals surface area contributed by atoms with E-state index in [0.29, 0.717) is 17.5 Å². The monoisotopic (exact) mass is 238 g/mol. The van der Waals surface area contributed by atoms with Crippen molar-refractivity contribution in [2.75, 3.05) is 5.73 Å². The summed E-state index contributed by atoms with van der Waals surface area (Å²) in [5.41, 5.74) is 12.4. The molecule has 16 heavy (non-hydrogen) atoms. The molecule has 1 aromatic heterocycles. The van der Waals surface area contributed by atoms with Gasteiger partial charge in [0.25, 0.3) is 0 Å². The van der Waals surface area contributed by atoms with Gasteiger partial charge in [-0.05, 0) is 18.2 Å². The van der Waals surface area contributed by atoms with Crippen molar-refractivity contribution < 1.29 is 4.79 Å². The summed E-state index contributed by atoms with van der Waals surface area (Å²) in [5, 5.41) is 0.604. The number of primary amides is 1. The van der Waals surface area contributed by atoms with Crippen molar-refractivity contribution in [2.24, 2.45) is 5.73 Å². The predicted molar refractivity (Wildman–Crippen MR) is 63.0 cm³/mol. The number of nitrogens with zero attached hydrogens (tertiary/aromatic N) is 2. The second-order valence-electron chi connectivity index (χ2n) is 3.47. The van der Waals surface area contributed by atoms with E-state index in [2.05, 4.69) is 4.98 Å². The molecular weight excluding hydrogens is 228 g/mol. The fraction of sp³-hybridized carbons (Fsp3) is 0.200. The second-order valence-corrected chi connectivity index (χ2v) is 3.91. The number of aryl methyl sites for hydroxylation is 1. The van der Waals surface area contributed by atoms with Gasteiger partial charge in [-0.2, -0.15) is 0 Å². The lowest BCUT2D eigenvalue weighted by molar-refractivity contribution is -0.118. The molecule has 4 N–H and O–H groups in total. The molecule has 0 atom stereocenters. The second kappa shape index (κ2) is 4.02. The Morgan fingerprint density at radius 3 is 2.94 bits per heavy atom. The molecule has 1 heterocycles. The van der Waals surface area contributed by atoms with Crippen LogP contribution in [0.3, 0.4) is 0 Å². The van der Waals surface area contributed by atoms with Gasteiger partial charge in [0, 0.05) is 18.0 Å². The summed E-state index contributed by atoms with van der Waals surface area (Å²) in [6, 6.07) is 5.30. The zero-order valence-electron chi connectivity index (χ0n) is 8.48. The Morgan fingerprint density at radius 2 is 2.25 bits per heavy atom. The van der Waals surface area contributed by atoms with Crippen molar-refractivity contribution in [2.45, 2.75) is 13.0 Å². The normalized spacial score (nSPS) is 10.8. The molecular formula is C10H11ClN4O. The van der Waals surface area contributed by atoms with Gasteiger partial charge < -0.3 is 16.0 Å². The van der Waals surface area contributed by atoms with Crippen LogP contribution >= 0.6 is 11.6 Å². The summed E-state index contributed by atoms with van der Waals surface area (Å²) < 4.78 is 1.73. The van der Waals surface area contributed by atoms with Crippen LogP contribution in [0.5, 0.6) is 0 Å². The number of imidazole rings is 1. The average molecular weight is 239 g/mol. The van der Waals surface area contributed by atoms with Crippen LogP contribution in [0.4, 0.5) is 5.95 Å². The molecule has 0 aliphatic carbocycles. The van der Waals surface area contributed by atoms with E-state index in [1.807, 2.05) is 0 Å². The van der Waals surface area contributed by atoms with E-state index in [-0.39, 0.29) is 12.3 Å². The number of hydrogen-bond donors (Lipinski definition) is 2. The number of nitrogen functional groups attached to an aromatic ring is 1. The summed E-state index contributed by atoms with van der Waals surface area (Å²) in [4.78, 5) is 14.9. The molecule has 5 nitrogen and oxygen atoms in total. The summed E-state index contributed by atoms with van der Waals surface area (Å²) in [7, 11) is 0. The molecule has 6 heteroatoms. The topological polar surface area (TPSA) is 86.9 Å². The lowest BCUT2D eigenvalue weighted by atomic mass is 10.3. The summed E-state index contributed by atoms with van der Waals surface area (Å²) in [6.45, 7) is 0.415. The van der Waals surface area contributed by atoms with Crippen LogP contribution in [-0.2, 0) is 11.3 Å². The standard InChI is InChI=1S/C10H11ClN4O/c11-6-1-2-7-8(5-6)15(10(13)14-7)4-3-9(12)16/h1-2,5H,3-4H2,(H2,12,16)(H2,13,14). The number of carbonyl (C=O) groups is 1. The van der Waals surface area contributed by atoms with Crippen LogP contribution in [0.1, 0.15) is 6.42 Å². The molecule has 0 fully saturated rings. The van der Waals surface area contributed by atoms with Crippen molar-refractivity contribution in [1.29, 1.82) is 0 Å². The smallest absolute Gasteiger partial charge is 0.219 e. The highest BCUT2D eigenvalue weighted by Crippen LogP contribution is 2.21. The van der Waals surface area contributed by atoms with Crippen LogP contribution in [0.2, 0.25) is 5.02 Å². The molecule has 84 valence electrons. The number of carbonyl (C=O) groups excluding carboxylic acids is 1. The highest BCUT2D eigenvalue weighted by Gasteiger charge is 2.09. The molecule has 0 unspecified atom stereocenters. The first-order chi connectivity index (χ1) is 7.58. The van der Waals surface area contributed by atoms with E-state index < -0.39 is 0 Å². The molecule has 1 aromatic carbocycles. The summed E-state index contributed by atoms with van der Waals surface area (Å²) >= 11 is 5.89. The molecule has 0 spiro atoms. The third kappa shape index (κ3) is 1.94. The molecule has 0 saturated heterocycles. The van der Waals surface area contributed by atoms with Gasteiger partial charge in [-0.3, -0.25) is 4.79 Å². The van der Waals surface area contributed by atoms with Crippen LogP contribution < -0.4 is 11.5 Å². The van der Waals surface area contributed by atoms with Crippen LogP contribution in [0.15, 0.2) is 18.2 Å². The SMILES string of the molecule is NC(=O)CCn1c(N)nc2ccc(Cl)cc21. The number of fused-ring (bicyclic) bond motifs is 1. The third-order valence-electron chi connectivity index (χ3n) is 2.32. The van der Waals surface area contributed by atoms with Crippen molar-refractivity contribution >= 4 is 34.5 Å². The van der Waals surface area contributed by atoms with Gasteiger partial charge in [0.2, 0.25) is 11.9 Å². The van der Waals surface area contributed by atoms with E-state index in [4.69, 9.17) is 23.1 Å². The van der Waals surface area contributed by atoms with Crippen LogP contribution in [0.25, 0.3) is 11.0 Å². The van der Waals surface area contributed by atoms with E-state index >= 15 is 0 Å². The third-order valence-corrected chi connectivity index (χ3v) is 2.56. The zero-order valence-corrected chi connectivity index (χ0v) is 9.24. The molecule has 1 amide bonds. The van der Waals surface area contributed by atoms with Gasteiger partial charge in [0.1, 0.15) is 0 Å². The zero-order chi connectivity index (χ0) is 11.7. The Morgan fingerprint density at radius 1 is 1.50 bits per heavy atom. The molecule has 0 aliphatic rings. The van der Waals surface area contributed by atoms with Crippen LogP contribution in [-0.4, -0.2) is 15.5 Å². The van der Waals surface area contributed by atoms with Gasteiger partial charge in [0.15, 0.2) is 0 Å². The molecule has 2 rings (SSSR count). The first kappa shape index (κ1) is 10.8. The number of aromatic nitrogens is 2. The summed E-state index contributed by atoms with van der Waals surface area (Å²) in [6.07, 6.45) is 0.224. The maximum atomic E-state index is 10.7. The Bertz CT molecular complexity index is 549. The molecule has 0 bridgehead atoms. The van der Waals surface area contributed by atoms with E-state index in [1.54, 1.807) is 22.8 Å². The van der Waals surface area contributed by atoms with Gasteiger partial charge in [-0.15, -0.1) is 0 Å². The Labute approximate surface area is 97.0 Å². The lowest BCUT2D eigenvalue weighted by Crippen LogP contribution is -2.14. The number of nitrogens with two attached hydrogens (primary N) is 2. The van der Waals surface area contributed by atoms with Gasteiger partial charge in [0.05, 0.1) is 11.0 Å². The molecule has 0 aliphatic heterocycles. The minimum absolute atomic E-state index is 0.224.